The van der Waals surface area contributed by atoms with Gasteiger partial charge in [0.25, 0.3) is 10.2 Å². The van der Waals surface area contributed by atoms with Crippen LogP contribution in [0, 0.1) is 0 Å². The fourth-order valence-electron chi connectivity index (χ4n) is 1.16. The fraction of sp³-hybridized carbons (Fsp3) is 0.667. The van der Waals surface area contributed by atoms with E-state index < -0.39 is 10.2 Å². The summed E-state index contributed by atoms with van der Waals surface area (Å²) < 4.78 is 26.6. The maximum Gasteiger partial charge on any atom is 0.277 e. The number of hydrogen-bond acceptors (Lipinski definition) is 3. The van der Waals surface area contributed by atoms with Crippen LogP contribution in [0.2, 0.25) is 0 Å². The van der Waals surface area contributed by atoms with Crippen LogP contribution in [-0.4, -0.2) is 32.2 Å². The van der Waals surface area contributed by atoms with Gasteiger partial charge in [0, 0.05) is 12.6 Å². The maximum absolute atomic E-state index is 10.9. The van der Waals surface area contributed by atoms with Gasteiger partial charge < -0.3 is 5.11 Å². The smallest absolute Gasteiger partial charge is 0.277 e. The number of hydrogen-bond donors (Lipinski definition) is 3. The normalized spacial score (nSPS) is 33.4. The molecular formula is C6H12N2O3S. The third kappa shape index (κ3) is 2.04. The van der Waals surface area contributed by atoms with Gasteiger partial charge in [0.05, 0.1) is 6.04 Å². The molecule has 0 aromatic heterocycles. The van der Waals surface area contributed by atoms with Crippen molar-refractivity contribution in [2.75, 3.05) is 6.61 Å². The van der Waals surface area contributed by atoms with Gasteiger partial charge in [-0.1, -0.05) is 6.08 Å². The largest absolute Gasteiger partial charge is 0.396 e. The van der Waals surface area contributed by atoms with Gasteiger partial charge in [0.15, 0.2) is 0 Å². The standard InChI is InChI=1S/C6H12N2O3S/c1-2-5-6(3-4-9)8-12(10,11)7-5/h2,5-9H,1,3-4H2. The van der Waals surface area contributed by atoms with Gasteiger partial charge in [-0.05, 0) is 6.42 Å². The molecule has 1 rings (SSSR count). The van der Waals surface area contributed by atoms with E-state index in [4.69, 9.17) is 5.11 Å². The fourth-order valence-corrected chi connectivity index (χ4v) is 2.51. The van der Waals surface area contributed by atoms with Crippen molar-refractivity contribution in [3.05, 3.63) is 12.7 Å². The molecule has 0 aromatic rings. The predicted octanol–water partition coefficient (Wildman–Crippen LogP) is -1.27. The monoisotopic (exact) mass is 192 g/mol. The summed E-state index contributed by atoms with van der Waals surface area (Å²) in [6, 6.07) is -0.598. The molecule has 1 aliphatic rings. The molecule has 2 atom stereocenters. The van der Waals surface area contributed by atoms with Crippen molar-refractivity contribution in [2.24, 2.45) is 0 Å². The summed E-state index contributed by atoms with van der Waals surface area (Å²) in [7, 11) is -3.36. The van der Waals surface area contributed by atoms with E-state index in [0.29, 0.717) is 6.42 Å². The van der Waals surface area contributed by atoms with E-state index in [1.54, 1.807) is 0 Å². The van der Waals surface area contributed by atoms with Crippen LogP contribution in [0.5, 0.6) is 0 Å². The predicted molar refractivity (Wildman–Crippen MR) is 44.7 cm³/mol. The Balaban J connectivity index is 2.69. The first-order valence-corrected chi connectivity index (χ1v) is 5.10. The summed E-state index contributed by atoms with van der Waals surface area (Å²) in [5.74, 6) is 0. The summed E-state index contributed by atoms with van der Waals surface area (Å²) in [6.07, 6.45) is 1.90. The lowest BCUT2D eigenvalue weighted by atomic mass is 10.1. The summed E-state index contributed by atoms with van der Waals surface area (Å²) >= 11 is 0. The van der Waals surface area contributed by atoms with Crippen LogP contribution in [0.1, 0.15) is 6.42 Å². The van der Waals surface area contributed by atoms with Crippen LogP contribution < -0.4 is 9.44 Å². The van der Waals surface area contributed by atoms with Gasteiger partial charge in [0.2, 0.25) is 0 Å². The topological polar surface area (TPSA) is 78.4 Å². The minimum absolute atomic E-state index is 0.0425. The van der Waals surface area contributed by atoms with E-state index in [2.05, 4.69) is 16.0 Å². The lowest BCUT2D eigenvalue weighted by molar-refractivity contribution is 0.270. The van der Waals surface area contributed by atoms with Gasteiger partial charge in [0.1, 0.15) is 0 Å². The first-order chi connectivity index (χ1) is 5.59. The molecule has 5 nitrogen and oxygen atoms in total. The third-order valence-corrected chi connectivity index (χ3v) is 2.92. The van der Waals surface area contributed by atoms with E-state index >= 15 is 0 Å². The van der Waals surface area contributed by atoms with E-state index in [1.165, 1.54) is 6.08 Å². The maximum atomic E-state index is 10.9. The molecule has 70 valence electrons. The molecule has 0 spiro atoms. The lowest BCUT2D eigenvalue weighted by Gasteiger charge is -2.10. The van der Waals surface area contributed by atoms with Crippen molar-refractivity contribution in [1.29, 1.82) is 0 Å². The highest BCUT2D eigenvalue weighted by Gasteiger charge is 2.33. The Morgan fingerprint density at radius 1 is 1.50 bits per heavy atom. The molecule has 1 saturated heterocycles. The van der Waals surface area contributed by atoms with Crippen molar-refractivity contribution in [3.63, 3.8) is 0 Å². The summed E-state index contributed by atoms with van der Waals surface area (Å²) in [4.78, 5) is 0. The summed E-state index contributed by atoms with van der Waals surface area (Å²) in [5.41, 5.74) is 0. The molecule has 12 heavy (non-hydrogen) atoms. The van der Waals surface area contributed by atoms with Crippen LogP contribution in [0.4, 0.5) is 0 Å². The second kappa shape index (κ2) is 3.53. The first-order valence-electron chi connectivity index (χ1n) is 3.62. The van der Waals surface area contributed by atoms with Crippen molar-refractivity contribution >= 4 is 10.2 Å². The van der Waals surface area contributed by atoms with Gasteiger partial charge >= 0.3 is 0 Å². The number of aliphatic hydroxyl groups excluding tert-OH is 1. The molecule has 1 heterocycles. The molecule has 0 saturated carbocycles. The highest BCUT2D eigenvalue weighted by atomic mass is 32.2. The summed E-state index contributed by atoms with van der Waals surface area (Å²) in [6.45, 7) is 3.45. The zero-order valence-electron chi connectivity index (χ0n) is 6.53. The Kier molecular flexibility index (Phi) is 2.84. The molecule has 1 fully saturated rings. The SMILES string of the molecule is C=CC1NS(=O)(=O)NC1CCO. The molecule has 6 heteroatoms. The van der Waals surface area contributed by atoms with Crippen molar-refractivity contribution in [3.8, 4) is 0 Å². The average molecular weight is 192 g/mol. The molecule has 0 amide bonds. The molecule has 1 aliphatic heterocycles. The third-order valence-electron chi connectivity index (χ3n) is 1.73. The zero-order chi connectivity index (χ0) is 9.19. The highest BCUT2D eigenvalue weighted by Crippen LogP contribution is 2.09. The van der Waals surface area contributed by atoms with Gasteiger partial charge in [-0.25, -0.2) is 0 Å². The van der Waals surface area contributed by atoms with Crippen LogP contribution in [-0.2, 0) is 10.2 Å². The second-order valence-electron chi connectivity index (χ2n) is 2.62. The van der Waals surface area contributed by atoms with Gasteiger partial charge in [-0.2, -0.15) is 17.9 Å². The van der Waals surface area contributed by atoms with Crippen LogP contribution >= 0.6 is 0 Å². The van der Waals surface area contributed by atoms with Crippen molar-refractivity contribution in [2.45, 2.75) is 18.5 Å². The second-order valence-corrected chi connectivity index (χ2v) is 4.10. The number of aliphatic hydroxyl groups is 1. The molecule has 0 aliphatic carbocycles. The molecule has 0 aromatic carbocycles. The van der Waals surface area contributed by atoms with Crippen LogP contribution in [0.15, 0.2) is 12.7 Å². The highest BCUT2D eigenvalue weighted by molar-refractivity contribution is 7.87. The minimum atomic E-state index is -3.36. The molecule has 0 radical (unpaired) electrons. The van der Waals surface area contributed by atoms with Crippen molar-refractivity contribution < 1.29 is 13.5 Å². The minimum Gasteiger partial charge on any atom is -0.396 e. The van der Waals surface area contributed by atoms with Crippen LogP contribution in [0.25, 0.3) is 0 Å². The molecule has 2 unspecified atom stereocenters. The first kappa shape index (κ1) is 9.66. The number of nitrogens with one attached hydrogen (secondary N) is 2. The average Bonchev–Trinajstić information content (AvgIpc) is 2.26. The summed E-state index contributed by atoms with van der Waals surface area (Å²) in [5, 5.41) is 8.61. The van der Waals surface area contributed by atoms with Gasteiger partial charge in [-0.3, -0.25) is 0 Å². The quantitative estimate of drug-likeness (QED) is 0.488. The molecule has 0 bridgehead atoms. The van der Waals surface area contributed by atoms with Gasteiger partial charge in [-0.15, -0.1) is 6.58 Å². The Hall–Kier alpha value is -0.430. The van der Waals surface area contributed by atoms with Crippen LogP contribution in [0.3, 0.4) is 0 Å². The number of rotatable bonds is 3. The van der Waals surface area contributed by atoms with E-state index in [0.717, 1.165) is 0 Å². The zero-order valence-corrected chi connectivity index (χ0v) is 7.34. The Labute approximate surface area is 71.7 Å². The lowest BCUT2D eigenvalue weighted by Crippen LogP contribution is -2.32. The molecule has 3 N–H and O–H groups in total. The van der Waals surface area contributed by atoms with E-state index in [1.807, 2.05) is 0 Å². The Morgan fingerprint density at radius 2 is 2.17 bits per heavy atom. The van der Waals surface area contributed by atoms with Crippen molar-refractivity contribution in [1.82, 2.24) is 9.44 Å². The van der Waals surface area contributed by atoms with E-state index in [-0.39, 0.29) is 18.7 Å². The molecular weight excluding hydrogens is 180 g/mol. The Bertz CT molecular complexity index is 262. The van der Waals surface area contributed by atoms with E-state index in [9.17, 15) is 8.42 Å². The Morgan fingerprint density at radius 3 is 2.67 bits per heavy atom.